The molecule has 0 bridgehead atoms. The maximum absolute atomic E-state index is 11.9. The molecular weight excluding hydrogens is 264 g/mol. The number of benzene rings is 1. The fraction of sp³-hybridized carbons (Fsp3) is 0.462. The van der Waals surface area contributed by atoms with Crippen LogP contribution in [0, 0.1) is 5.92 Å². The first kappa shape index (κ1) is 14.0. The Balaban J connectivity index is 1.89. The number of rotatable bonds is 4. The number of primary sulfonamides is 1. The van der Waals surface area contributed by atoms with Crippen LogP contribution in [0.5, 0.6) is 0 Å². The highest BCUT2D eigenvalue weighted by Crippen LogP contribution is 2.25. The second-order valence-electron chi connectivity index (χ2n) is 4.87. The van der Waals surface area contributed by atoms with Crippen LogP contribution in [-0.4, -0.2) is 26.6 Å². The Labute approximate surface area is 113 Å². The molecule has 1 aromatic carbocycles. The van der Waals surface area contributed by atoms with Gasteiger partial charge in [0.1, 0.15) is 0 Å². The fourth-order valence-electron chi connectivity index (χ4n) is 2.38. The average Bonchev–Trinajstić information content (AvgIpc) is 2.36. The van der Waals surface area contributed by atoms with Crippen LogP contribution in [0.3, 0.4) is 0 Å². The number of hydrogen-bond acceptors (Lipinski definition) is 3. The van der Waals surface area contributed by atoms with Crippen LogP contribution in [-0.2, 0) is 27.7 Å². The van der Waals surface area contributed by atoms with Gasteiger partial charge in [-0.1, -0.05) is 24.3 Å². The van der Waals surface area contributed by atoms with Crippen molar-refractivity contribution >= 4 is 15.9 Å². The van der Waals surface area contributed by atoms with Crippen LogP contribution >= 0.6 is 0 Å². The van der Waals surface area contributed by atoms with Gasteiger partial charge in [-0.05, 0) is 30.4 Å². The summed E-state index contributed by atoms with van der Waals surface area (Å²) >= 11 is 0. The van der Waals surface area contributed by atoms with Gasteiger partial charge in [0, 0.05) is 12.5 Å². The molecule has 1 aliphatic carbocycles. The molecule has 0 radical (unpaired) electrons. The summed E-state index contributed by atoms with van der Waals surface area (Å²) in [6.45, 7) is 0.0792. The highest BCUT2D eigenvalue weighted by atomic mass is 32.2. The number of fused-ring (bicyclic) bond motifs is 1. The van der Waals surface area contributed by atoms with Crippen LogP contribution in [0.15, 0.2) is 24.3 Å². The Hall–Kier alpha value is -1.40. The predicted octanol–water partition coefficient (Wildman–Crippen LogP) is 0.196. The van der Waals surface area contributed by atoms with E-state index in [2.05, 4.69) is 11.4 Å². The van der Waals surface area contributed by atoms with Crippen molar-refractivity contribution < 1.29 is 13.2 Å². The first-order valence-electron chi connectivity index (χ1n) is 6.31. The molecule has 104 valence electrons. The summed E-state index contributed by atoms with van der Waals surface area (Å²) in [6, 6.07) is 8.11. The lowest BCUT2D eigenvalue weighted by Gasteiger charge is -2.23. The molecule has 1 unspecified atom stereocenters. The normalized spacial score (nSPS) is 18.7. The molecule has 6 heteroatoms. The zero-order valence-electron chi connectivity index (χ0n) is 10.6. The number of nitrogens with two attached hydrogens (primary N) is 1. The third kappa shape index (κ3) is 4.04. The molecule has 0 heterocycles. The molecule has 1 aromatic rings. The number of aryl methyl sites for hydroxylation is 1. The molecule has 1 amide bonds. The number of carbonyl (C=O) groups is 1. The van der Waals surface area contributed by atoms with E-state index in [0.29, 0.717) is 0 Å². The molecule has 19 heavy (non-hydrogen) atoms. The Morgan fingerprint density at radius 1 is 1.32 bits per heavy atom. The smallest absolute Gasteiger partial charge is 0.223 e. The molecule has 0 aromatic heterocycles. The van der Waals surface area contributed by atoms with Crippen LogP contribution < -0.4 is 10.5 Å². The van der Waals surface area contributed by atoms with E-state index in [1.165, 1.54) is 11.1 Å². The third-order valence-corrected chi connectivity index (χ3v) is 4.18. The first-order valence-corrected chi connectivity index (χ1v) is 8.02. The van der Waals surface area contributed by atoms with E-state index in [1.807, 2.05) is 18.2 Å². The van der Waals surface area contributed by atoms with Crippen molar-refractivity contribution in [2.45, 2.75) is 19.3 Å². The van der Waals surface area contributed by atoms with E-state index < -0.39 is 10.0 Å². The second kappa shape index (κ2) is 5.71. The molecule has 3 N–H and O–H groups in total. The minimum absolute atomic E-state index is 0.0737. The summed E-state index contributed by atoms with van der Waals surface area (Å²) in [5.74, 6) is -0.379. The van der Waals surface area contributed by atoms with Crippen molar-refractivity contribution in [2.24, 2.45) is 11.1 Å². The summed E-state index contributed by atoms with van der Waals surface area (Å²) in [5, 5.41) is 7.53. The van der Waals surface area contributed by atoms with Gasteiger partial charge >= 0.3 is 0 Å². The van der Waals surface area contributed by atoms with E-state index in [4.69, 9.17) is 5.14 Å². The summed E-state index contributed by atoms with van der Waals surface area (Å²) < 4.78 is 21.6. The second-order valence-corrected chi connectivity index (χ2v) is 6.60. The van der Waals surface area contributed by atoms with Crippen LogP contribution in [0.2, 0.25) is 0 Å². The van der Waals surface area contributed by atoms with Gasteiger partial charge in [-0.2, -0.15) is 0 Å². The van der Waals surface area contributed by atoms with Gasteiger partial charge in [0.15, 0.2) is 0 Å². The lowest BCUT2D eigenvalue weighted by molar-refractivity contribution is -0.125. The zero-order valence-corrected chi connectivity index (χ0v) is 11.4. The Bertz CT molecular complexity index is 569. The molecule has 5 nitrogen and oxygen atoms in total. The average molecular weight is 282 g/mol. The van der Waals surface area contributed by atoms with Gasteiger partial charge in [0.2, 0.25) is 15.9 Å². The number of sulfonamides is 1. The highest BCUT2D eigenvalue weighted by Gasteiger charge is 2.24. The van der Waals surface area contributed by atoms with Gasteiger partial charge in [-0.25, -0.2) is 13.6 Å². The van der Waals surface area contributed by atoms with Crippen molar-refractivity contribution in [2.75, 3.05) is 12.3 Å². The number of amides is 1. The number of nitrogens with one attached hydrogen (secondary N) is 1. The molecule has 1 atom stereocenters. The van der Waals surface area contributed by atoms with E-state index in [0.717, 1.165) is 19.3 Å². The standard InChI is InChI=1S/C13H18N2O3S/c14-19(17,18)8-7-15-13(16)12-6-5-10-3-1-2-4-11(10)9-12/h1-4,12H,5-9H2,(H,15,16)(H2,14,17,18). The van der Waals surface area contributed by atoms with Gasteiger partial charge < -0.3 is 5.32 Å². The monoisotopic (exact) mass is 282 g/mol. The van der Waals surface area contributed by atoms with E-state index in [-0.39, 0.29) is 24.1 Å². The molecule has 0 fully saturated rings. The predicted molar refractivity (Wildman–Crippen MR) is 72.9 cm³/mol. The lowest BCUT2D eigenvalue weighted by Crippen LogP contribution is -2.37. The molecule has 0 spiro atoms. The maximum atomic E-state index is 11.9. The Morgan fingerprint density at radius 3 is 2.68 bits per heavy atom. The van der Waals surface area contributed by atoms with E-state index in [1.54, 1.807) is 0 Å². The van der Waals surface area contributed by atoms with Gasteiger partial charge in [-0.15, -0.1) is 0 Å². The quantitative estimate of drug-likeness (QED) is 0.826. The number of carbonyl (C=O) groups excluding carboxylic acids is 1. The van der Waals surface area contributed by atoms with Crippen LogP contribution in [0.1, 0.15) is 17.5 Å². The van der Waals surface area contributed by atoms with Crippen molar-refractivity contribution in [3.8, 4) is 0 Å². The lowest BCUT2D eigenvalue weighted by atomic mass is 9.83. The van der Waals surface area contributed by atoms with E-state index >= 15 is 0 Å². The van der Waals surface area contributed by atoms with Crippen LogP contribution in [0.25, 0.3) is 0 Å². The van der Waals surface area contributed by atoms with Crippen molar-refractivity contribution in [3.63, 3.8) is 0 Å². The van der Waals surface area contributed by atoms with E-state index in [9.17, 15) is 13.2 Å². The highest BCUT2D eigenvalue weighted by molar-refractivity contribution is 7.89. The Morgan fingerprint density at radius 2 is 2.00 bits per heavy atom. The molecule has 0 saturated carbocycles. The molecule has 0 aliphatic heterocycles. The number of hydrogen-bond donors (Lipinski definition) is 2. The van der Waals surface area contributed by atoms with Gasteiger partial charge in [0.05, 0.1) is 5.75 Å². The maximum Gasteiger partial charge on any atom is 0.223 e. The van der Waals surface area contributed by atoms with Gasteiger partial charge in [-0.3, -0.25) is 4.79 Å². The van der Waals surface area contributed by atoms with Crippen molar-refractivity contribution in [3.05, 3.63) is 35.4 Å². The first-order chi connectivity index (χ1) is 8.96. The topological polar surface area (TPSA) is 89.3 Å². The minimum atomic E-state index is -3.51. The van der Waals surface area contributed by atoms with Crippen molar-refractivity contribution in [1.29, 1.82) is 0 Å². The molecule has 1 aliphatic rings. The fourth-order valence-corrected chi connectivity index (χ4v) is 2.77. The summed E-state index contributed by atoms with van der Waals surface area (Å²) in [6.07, 6.45) is 2.42. The van der Waals surface area contributed by atoms with Gasteiger partial charge in [0.25, 0.3) is 0 Å². The summed E-state index contributed by atoms with van der Waals surface area (Å²) in [5.41, 5.74) is 2.51. The molecule has 2 rings (SSSR count). The zero-order chi connectivity index (χ0) is 13.9. The molecular formula is C13H18N2O3S. The molecule has 0 saturated heterocycles. The minimum Gasteiger partial charge on any atom is -0.355 e. The summed E-state index contributed by atoms with van der Waals surface area (Å²) in [4.78, 5) is 11.9. The third-order valence-electron chi connectivity index (χ3n) is 3.40. The van der Waals surface area contributed by atoms with Crippen molar-refractivity contribution in [1.82, 2.24) is 5.32 Å². The SMILES string of the molecule is NS(=O)(=O)CCNC(=O)C1CCc2ccccc2C1. The van der Waals surface area contributed by atoms with Crippen LogP contribution in [0.4, 0.5) is 0 Å². The largest absolute Gasteiger partial charge is 0.355 e. The Kier molecular flexibility index (Phi) is 4.21. The summed E-state index contributed by atoms with van der Waals surface area (Å²) in [7, 11) is -3.51.